The molecule has 34 heavy (non-hydrogen) atoms. The van der Waals surface area contributed by atoms with Crippen molar-refractivity contribution in [2.24, 2.45) is 0 Å². The first-order chi connectivity index (χ1) is 16.6. The molecule has 0 unspecified atom stereocenters. The summed E-state index contributed by atoms with van der Waals surface area (Å²) in [4.78, 5) is 17.8. The van der Waals surface area contributed by atoms with Gasteiger partial charge in [-0.2, -0.15) is 0 Å². The van der Waals surface area contributed by atoms with Crippen molar-refractivity contribution < 1.29 is 9.21 Å². The van der Waals surface area contributed by atoms with E-state index in [-0.39, 0.29) is 5.91 Å². The van der Waals surface area contributed by atoms with Gasteiger partial charge in [0.1, 0.15) is 5.58 Å². The summed E-state index contributed by atoms with van der Waals surface area (Å²) in [7, 11) is 0. The van der Waals surface area contributed by atoms with Gasteiger partial charge in [-0.05, 0) is 101 Å². The minimum Gasteiger partial charge on any atom is -0.464 e. The van der Waals surface area contributed by atoms with Crippen LogP contribution in [0, 0.1) is 0 Å². The molecule has 2 heterocycles. The first-order valence-electron chi connectivity index (χ1n) is 13.0. The SMILES string of the molecule is CCCCCN1CCC(c2coc3ccc(NC(=O)c4ccc(N(CC)CC)cc4)cc23)CC1. The molecular formula is C29H39N3O2. The molecule has 0 atom stereocenters. The van der Waals surface area contributed by atoms with Crippen LogP contribution in [0.4, 0.5) is 11.4 Å². The summed E-state index contributed by atoms with van der Waals surface area (Å²) in [6, 6.07) is 13.8. The number of piperidine rings is 1. The average Bonchev–Trinajstić information content (AvgIpc) is 3.29. The molecule has 3 aromatic rings. The molecule has 1 N–H and O–H groups in total. The molecule has 0 saturated carbocycles. The van der Waals surface area contributed by atoms with Crippen molar-refractivity contribution in [1.82, 2.24) is 4.90 Å². The van der Waals surface area contributed by atoms with Crippen molar-refractivity contribution in [3.63, 3.8) is 0 Å². The zero-order chi connectivity index (χ0) is 23.9. The van der Waals surface area contributed by atoms with Gasteiger partial charge in [-0.3, -0.25) is 4.79 Å². The van der Waals surface area contributed by atoms with Gasteiger partial charge in [-0.25, -0.2) is 0 Å². The third kappa shape index (κ3) is 5.64. The van der Waals surface area contributed by atoms with Crippen LogP contribution in [0.25, 0.3) is 11.0 Å². The van der Waals surface area contributed by atoms with E-state index < -0.39 is 0 Å². The predicted octanol–water partition coefficient (Wildman–Crippen LogP) is 6.90. The molecule has 1 saturated heterocycles. The minimum atomic E-state index is -0.0871. The van der Waals surface area contributed by atoms with Crippen molar-refractivity contribution >= 4 is 28.3 Å². The summed E-state index contributed by atoms with van der Waals surface area (Å²) in [6.45, 7) is 12.0. The van der Waals surface area contributed by atoms with Crippen LogP contribution in [-0.4, -0.2) is 43.5 Å². The fraction of sp³-hybridized carbons (Fsp3) is 0.483. The molecule has 0 spiro atoms. The van der Waals surface area contributed by atoms with E-state index >= 15 is 0 Å². The molecular weight excluding hydrogens is 422 g/mol. The van der Waals surface area contributed by atoms with E-state index in [1.807, 2.05) is 42.7 Å². The highest BCUT2D eigenvalue weighted by molar-refractivity contribution is 6.05. The van der Waals surface area contributed by atoms with E-state index in [1.165, 1.54) is 31.4 Å². The molecule has 1 aliphatic rings. The number of amides is 1. The molecule has 5 nitrogen and oxygen atoms in total. The fourth-order valence-corrected chi connectivity index (χ4v) is 5.11. The lowest BCUT2D eigenvalue weighted by Gasteiger charge is -2.31. The van der Waals surface area contributed by atoms with Crippen LogP contribution >= 0.6 is 0 Å². The number of fused-ring (bicyclic) bond motifs is 1. The second kappa shape index (κ2) is 11.6. The molecule has 2 aromatic carbocycles. The van der Waals surface area contributed by atoms with Gasteiger partial charge >= 0.3 is 0 Å². The number of likely N-dealkylation sites (tertiary alicyclic amines) is 1. The van der Waals surface area contributed by atoms with Crippen molar-refractivity contribution in [2.45, 2.75) is 58.8 Å². The molecule has 182 valence electrons. The van der Waals surface area contributed by atoms with Crippen LogP contribution in [0.15, 0.2) is 53.1 Å². The molecule has 1 aromatic heterocycles. The number of hydrogen-bond acceptors (Lipinski definition) is 4. The standard InChI is InChI=1S/C29H39N3O2/c1-4-7-8-17-31-18-15-22(16-19-31)27-21-34-28-14-11-24(20-26(27)28)30-29(33)23-9-12-25(13-10-23)32(5-2)6-3/h9-14,20-22H,4-8,15-19H2,1-3H3,(H,30,33). The molecule has 0 radical (unpaired) electrons. The van der Waals surface area contributed by atoms with E-state index in [2.05, 4.69) is 42.0 Å². The van der Waals surface area contributed by atoms with Crippen molar-refractivity contribution in [2.75, 3.05) is 42.9 Å². The number of carbonyl (C=O) groups excluding carboxylic acids is 1. The van der Waals surface area contributed by atoms with E-state index in [1.54, 1.807) is 0 Å². The second-order valence-electron chi connectivity index (χ2n) is 9.40. The van der Waals surface area contributed by atoms with E-state index in [9.17, 15) is 4.79 Å². The number of furan rings is 1. The van der Waals surface area contributed by atoms with Gasteiger partial charge in [-0.15, -0.1) is 0 Å². The Morgan fingerprint density at radius 3 is 2.44 bits per heavy atom. The van der Waals surface area contributed by atoms with Gasteiger partial charge in [0.15, 0.2) is 0 Å². The molecule has 0 aliphatic carbocycles. The Labute approximate surface area is 204 Å². The minimum absolute atomic E-state index is 0.0871. The molecule has 1 amide bonds. The Morgan fingerprint density at radius 2 is 1.76 bits per heavy atom. The van der Waals surface area contributed by atoms with Crippen LogP contribution in [0.1, 0.15) is 74.7 Å². The molecule has 1 aliphatic heterocycles. The Hall–Kier alpha value is -2.79. The highest BCUT2D eigenvalue weighted by Crippen LogP contribution is 2.35. The highest BCUT2D eigenvalue weighted by Gasteiger charge is 2.23. The van der Waals surface area contributed by atoms with Crippen molar-refractivity contribution in [3.05, 3.63) is 59.9 Å². The molecule has 5 heteroatoms. The van der Waals surface area contributed by atoms with Crippen molar-refractivity contribution in [1.29, 1.82) is 0 Å². The normalized spacial score (nSPS) is 15.0. The zero-order valence-corrected chi connectivity index (χ0v) is 21.0. The fourth-order valence-electron chi connectivity index (χ4n) is 5.11. The third-order valence-corrected chi connectivity index (χ3v) is 7.22. The number of carbonyl (C=O) groups is 1. The number of nitrogens with one attached hydrogen (secondary N) is 1. The molecule has 0 bridgehead atoms. The number of benzene rings is 2. The Morgan fingerprint density at radius 1 is 1.03 bits per heavy atom. The summed E-state index contributed by atoms with van der Waals surface area (Å²) in [6.07, 6.45) is 8.15. The van der Waals surface area contributed by atoms with Gasteiger partial charge in [0.2, 0.25) is 0 Å². The number of rotatable bonds is 10. The van der Waals surface area contributed by atoms with Crippen LogP contribution < -0.4 is 10.2 Å². The zero-order valence-electron chi connectivity index (χ0n) is 21.0. The molecule has 1 fully saturated rings. The Kier molecular flexibility index (Phi) is 8.28. The Bertz CT molecular complexity index is 1060. The summed E-state index contributed by atoms with van der Waals surface area (Å²) < 4.78 is 5.88. The van der Waals surface area contributed by atoms with Gasteiger partial charge in [0.05, 0.1) is 6.26 Å². The van der Waals surface area contributed by atoms with Gasteiger partial charge in [-0.1, -0.05) is 19.8 Å². The van der Waals surface area contributed by atoms with Gasteiger partial charge in [0, 0.05) is 41.0 Å². The predicted molar refractivity (Wildman–Crippen MR) is 142 cm³/mol. The van der Waals surface area contributed by atoms with Crippen LogP contribution in [0.5, 0.6) is 0 Å². The maximum Gasteiger partial charge on any atom is 0.255 e. The van der Waals surface area contributed by atoms with Gasteiger partial charge in [0.25, 0.3) is 5.91 Å². The quantitative estimate of drug-likeness (QED) is 0.334. The first kappa shape index (κ1) is 24.3. The number of nitrogens with zero attached hydrogens (tertiary/aromatic N) is 2. The number of anilines is 2. The lowest BCUT2D eigenvalue weighted by molar-refractivity contribution is 0.102. The Balaban J connectivity index is 1.42. The average molecular weight is 462 g/mol. The lowest BCUT2D eigenvalue weighted by atomic mass is 9.89. The summed E-state index contributed by atoms with van der Waals surface area (Å²) in [5.41, 5.74) is 4.79. The van der Waals surface area contributed by atoms with Gasteiger partial charge < -0.3 is 19.5 Å². The third-order valence-electron chi connectivity index (χ3n) is 7.22. The van der Waals surface area contributed by atoms with Crippen LogP contribution in [0.2, 0.25) is 0 Å². The highest BCUT2D eigenvalue weighted by atomic mass is 16.3. The first-order valence-corrected chi connectivity index (χ1v) is 13.0. The monoisotopic (exact) mass is 461 g/mol. The topological polar surface area (TPSA) is 48.7 Å². The summed E-state index contributed by atoms with van der Waals surface area (Å²) >= 11 is 0. The number of hydrogen-bond donors (Lipinski definition) is 1. The lowest BCUT2D eigenvalue weighted by Crippen LogP contribution is -2.33. The van der Waals surface area contributed by atoms with E-state index in [0.717, 1.165) is 61.4 Å². The smallest absolute Gasteiger partial charge is 0.255 e. The van der Waals surface area contributed by atoms with Crippen LogP contribution in [-0.2, 0) is 0 Å². The number of unbranched alkanes of at least 4 members (excludes halogenated alkanes) is 2. The van der Waals surface area contributed by atoms with E-state index in [0.29, 0.717) is 11.5 Å². The van der Waals surface area contributed by atoms with E-state index in [4.69, 9.17) is 4.42 Å². The maximum atomic E-state index is 12.9. The largest absolute Gasteiger partial charge is 0.464 e. The van der Waals surface area contributed by atoms with Crippen LogP contribution in [0.3, 0.4) is 0 Å². The summed E-state index contributed by atoms with van der Waals surface area (Å²) in [5, 5.41) is 4.20. The maximum absolute atomic E-state index is 12.9. The second-order valence-corrected chi connectivity index (χ2v) is 9.40. The van der Waals surface area contributed by atoms with Crippen molar-refractivity contribution in [3.8, 4) is 0 Å². The molecule has 4 rings (SSSR count). The summed E-state index contributed by atoms with van der Waals surface area (Å²) in [5.74, 6) is 0.429.